The number of nitrogens with zero attached hydrogens (tertiary/aromatic N) is 3. The SMILES string of the molecule is CNN(C)Cc1cc2cccnc2n1CCC(=O)N[C@@H](CS(=O)(=O)O)C(=O)NCCO. The number of carbonyl (C=O) groups excluding carboxylic acids is 2. The summed E-state index contributed by atoms with van der Waals surface area (Å²) in [7, 11) is -0.859. The van der Waals surface area contributed by atoms with Crippen LogP contribution < -0.4 is 16.1 Å². The van der Waals surface area contributed by atoms with E-state index in [1.54, 1.807) is 13.2 Å². The van der Waals surface area contributed by atoms with E-state index in [1.165, 1.54) is 0 Å². The van der Waals surface area contributed by atoms with Crippen LogP contribution in [0.15, 0.2) is 24.4 Å². The topological polar surface area (TPSA) is 166 Å². The molecule has 0 aliphatic heterocycles. The van der Waals surface area contributed by atoms with Crippen molar-refractivity contribution in [2.75, 3.05) is 33.0 Å². The van der Waals surface area contributed by atoms with Crippen molar-refractivity contribution < 1.29 is 27.7 Å². The predicted octanol–water partition coefficient (Wildman–Crippen LogP) is -1.53. The summed E-state index contributed by atoms with van der Waals surface area (Å²) < 4.78 is 33.4. The number of nitrogens with one attached hydrogen (secondary N) is 3. The first kappa shape index (κ1) is 24.7. The Balaban J connectivity index is 2.13. The molecule has 0 aliphatic rings. The van der Waals surface area contributed by atoms with Gasteiger partial charge in [-0.2, -0.15) is 8.42 Å². The van der Waals surface area contributed by atoms with Gasteiger partial charge in [-0.3, -0.25) is 19.6 Å². The predicted molar refractivity (Wildman–Crippen MR) is 113 cm³/mol. The minimum atomic E-state index is -4.51. The van der Waals surface area contributed by atoms with Crippen molar-refractivity contribution in [3.8, 4) is 0 Å². The molecule has 5 N–H and O–H groups in total. The van der Waals surface area contributed by atoms with Gasteiger partial charge < -0.3 is 20.3 Å². The highest BCUT2D eigenvalue weighted by molar-refractivity contribution is 7.85. The number of aryl methyl sites for hydroxylation is 1. The number of aliphatic hydroxyl groups excluding tert-OH is 1. The van der Waals surface area contributed by atoms with Gasteiger partial charge in [0.15, 0.2) is 0 Å². The van der Waals surface area contributed by atoms with Crippen LogP contribution >= 0.6 is 0 Å². The summed E-state index contributed by atoms with van der Waals surface area (Å²) in [5, 5.41) is 16.2. The van der Waals surface area contributed by atoms with Gasteiger partial charge >= 0.3 is 0 Å². The number of hydrogen-bond donors (Lipinski definition) is 5. The molecule has 31 heavy (non-hydrogen) atoms. The smallest absolute Gasteiger partial charge is 0.267 e. The maximum Gasteiger partial charge on any atom is 0.267 e. The Bertz CT molecular complexity index is 1010. The molecule has 172 valence electrons. The molecular weight excluding hydrogens is 428 g/mol. The van der Waals surface area contributed by atoms with Gasteiger partial charge in [0, 0.05) is 43.8 Å². The molecule has 0 unspecified atom stereocenters. The van der Waals surface area contributed by atoms with E-state index >= 15 is 0 Å². The number of aromatic nitrogens is 2. The molecule has 0 fully saturated rings. The average Bonchev–Trinajstić information content (AvgIpc) is 3.05. The number of fused-ring (bicyclic) bond motifs is 1. The first-order chi connectivity index (χ1) is 14.6. The monoisotopic (exact) mass is 456 g/mol. The molecule has 12 nitrogen and oxygen atoms in total. The van der Waals surface area contributed by atoms with Crippen LogP contribution in [0, 0.1) is 0 Å². The maximum atomic E-state index is 12.5. The Labute approximate surface area is 180 Å². The molecule has 0 spiro atoms. The van der Waals surface area contributed by atoms with Crippen molar-refractivity contribution in [3.05, 3.63) is 30.1 Å². The van der Waals surface area contributed by atoms with Gasteiger partial charge in [-0.15, -0.1) is 0 Å². The fourth-order valence-electron chi connectivity index (χ4n) is 3.02. The van der Waals surface area contributed by atoms with E-state index < -0.39 is 33.7 Å². The van der Waals surface area contributed by atoms with E-state index in [9.17, 15) is 18.0 Å². The number of carbonyl (C=O) groups is 2. The van der Waals surface area contributed by atoms with Gasteiger partial charge in [0.05, 0.1) is 13.2 Å². The Kier molecular flexibility index (Phi) is 8.88. The lowest BCUT2D eigenvalue weighted by atomic mass is 10.2. The van der Waals surface area contributed by atoms with E-state index in [-0.39, 0.29) is 26.1 Å². The van der Waals surface area contributed by atoms with Crippen LogP contribution in [0.3, 0.4) is 0 Å². The molecule has 2 amide bonds. The second-order valence-corrected chi connectivity index (χ2v) is 8.41. The molecule has 2 heterocycles. The van der Waals surface area contributed by atoms with E-state index in [2.05, 4.69) is 21.0 Å². The van der Waals surface area contributed by atoms with Crippen LogP contribution in [-0.2, 0) is 32.8 Å². The number of pyridine rings is 1. The first-order valence-corrected chi connectivity index (χ1v) is 11.2. The molecule has 2 aromatic heterocycles. The van der Waals surface area contributed by atoms with Crippen molar-refractivity contribution in [3.63, 3.8) is 0 Å². The fraction of sp³-hybridized carbons (Fsp3) is 0.500. The van der Waals surface area contributed by atoms with Crippen molar-refractivity contribution in [1.29, 1.82) is 0 Å². The average molecular weight is 457 g/mol. The van der Waals surface area contributed by atoms with Gasteiger partial charge in [0.1, 0.15) is 17.4 Å². The molecule has 0 saturated heterocycles. The highest BCUT2D eigenvalue weighted by atomic mass is 32.2. The van der Waals surface area contributed by atoms with E-state index in [4.69, 9.17) is 9.66 Å². The number of hydrogen-bond acceptors (Lipinski definition) is 8. The zero-order valence-electron chi connectivity index (χ0n) is 17.4. The van der Waals surface area contributed by atoms with Crippen LogP contribution in [-0.4, -0.2) is 83.5 Å². The zero-order valence-corrected chi connectivity index (χ0v) is 18.2. The molecule has 0 aromatic carbocycles. The number of rotatable bonds is 12. The van der Waals surface area contributed by atoms with Gasteiger partial charge in [0.2, 0.25) is 11.8 Å². The Morgan fingerprint density at radius 3 is 2.74 bits per heavy atom. The molecule has 2 aromatic rings. The lowest BCUT2D eigenvalue weighted by molar-refractivity contribution is -0.128. The van der Waals surface area contributed by atoms with Crippen LogP contribution in [0.25, 0.3) is 11.0 Å². The molecule has 0 radical (unpaired) electrons. The highest BCUT2D eigenvalue weighted by Crippen LogP contribution is 2.19. The van der Waals surface area contributed by atoms with Gasteiger partial charge in [-0.25, -0.2) is 9.99 Å². The Hall–Kier alpha value is -2.58. The fourth-order valence-corrected chi connectivity index (χ4v) is 3.68. The molecule has 2 rings (SSSR count). The quantitative estimate of drug-likeness (QED) is 0.188. The van der Waals surface area contributed by atoms with Crippen LogP contribution in [0.5, 0.6) is 0 Å². The van der Waals surface area contributed by atoms with E-state index in [0.717, 1.165) is 11.1 Å². The van der Waals surface area contributed by atoms with E-state index in [0.29, 0.717) is 12.2 Å². The largest absolute Gasteiger partial charge is 0.395 e. The summed E-state index contributed by atoms with van der Waals surface area (Å²) in [4.78, 5) is 28.9. The lowest BCUT2D eigenvalue weighted by Gasteiger charge is -2.19. The minimum absolute atomic E-state index is 0.0497. The summed E-state index contributed by atoms with van der Waals surface area (Å²) in [6.07, 6.45) is 1.60. The van der Waals surface area contributed by atoms with Gasteiger partial charge in [0.25, 0.3) is 10.1 Å². The maximum absolute atomic E-state index is 12.5. The summed E-state index contributed by atoms with van der Waals surface area (Å²) in [5.41, 5.74) is 4.61. The molecule has 0 saturated carbocycles. The van der Waals surface area contributed by atoms with Crippen molar-refractivity contribution in [1.82, 2.24) is 30.6 Å². The highest BCUT2D eigenvalue weighted by Gasteiger charge is 2.26. The van der Waals surface area contributed by atoms with E-state index in [1.807, 2.05) is 34.8 Å². The van der Waals surface area contributed by atoms with Crippen LogP contribution in [0.2, 0.25) is 0 Å². The van der Waals surface area contributed by atoms with Crippen molar-refractivity contribution >= 4 is 33.0 Å². The number of hydrazine groups is 1. The number of aliphatic hydroxyl groups is 1. The second-order valence-electron chi connectivity index (χ2n) is 6.92. The summed E-state index contributed by atoms with van der Waals surface area (Å²) in [5.74, 6) is -2.36. The van der Waals surface area contributed by atoms with Crippen molar-refractivity contribution in [2.45, 2.75) is 25.6 Å². The third-order valence-corrected chi connectivity index (χ3v) is 5.28. The molecule has 0 aliphatic carbocycles. The minimum Gasteiger partial charge on any atom is -0.395 e. The summed E-state index contributed by atoms with van der Waals surface area (Å²) in [6, 6.07) is 4.21. The molecule has 1 atom stereocenters. The zero-order chi connectivity index (χ0) is 23.0. The Morgan fingerprint density at radius 2 is 2.10 bits per heavy atom. The normalized spacial score (nSPS) is 12.8. The second kappa shape index (κ2) is 11.2. The standard InChI is InChI=1S/C18H28N6O6S/c1-19-23(2)11-14-10-13-4-3-6-20-17(13)24(14)8-5-16(26)22-15(12-31(28,29)30)18(27)21-7-9-25/h3-4,6,10,15,19,25H,5,7-9,11-12H2,1-2H3,(H,21,27)(H,22,26)(H,28,29,30)/t15-/m0/s1. The van der Waals surface area contributed by atoms with Gasteiger partial charge in [-0.05, 0) is 25.2 Å². The van der Waals surface area contributed by atoms with Crippen molar-refractivity contribution in [2.24, 2.45) is 0 Å². The Morgan fingerprint density at radius 1 is 1.35 bits per heavy atom. The number of amides is 2. The molecule has 0 bridgehead atoms. The third-order valence-electron chi connectivity index (χ3n) is 4.52. The lowest BCUT2D eigenvalue weighted by Crippen LogP contribution is -2.51. The van der Waals surface area contributed by atoms with Crippen LogP contribution in [0.1, 0.15) is 12.1 Å². The molecule has 13 heteroatoms. The molecular formula is C18H28N6O6S. The van der Waals surface area contributed by atoms with Crippen LogP contribution in [0.4, 0.5) is 0 Å². The third kappa shape index (κ3) is 7.56. The summed E-state index contributed by atoms with van der Waals surface area (Å²) >= 11 is 0. The summed E-state index contributed by atoms with van der Waals surface area (Å²) in [6.45, 7) is 0.329. The van der Waals surface area contributed by atoms with Gasteiger partial charge in [-0.1, -0.05) is 0 Å². The first-order valence-electron chi connectivity index (χ1n) is 9.59.